The highest BCUT2D eigenvalue weighted by Crippen LogP contribution is 2.40. The molecule has 1 heterocycles. The van der Waals surface area contributed by atoms with Crippen molar-refractivity contribution in [3.05, 3.63) is 40.9 Å². The summed E-state index contributed by atoms with van der Waals surface area (Å²) in [6, 6.07) is 3.62. The van der Waals surface area contributed by atoms with E-state index in [1.807, 2.05) is 0 Å². The fraction of sp³-hybridized carbons (Fsp3) is 0.273. The zero-order valence-electron chi connectivity index (χ0n) is 8.70. The van der Waals surface area contributed by atoms with Gasteiger partial charge in [0.1, 0.15) is 5.82 Å². The van der Waals surface area contributed by atoms with Gasteiger partial charge in [0.05, 0.1) is 5.69 Å². The number of rotatable bonds is 2. The van der Waals surface area contributed by atoms with Crippen LogP contribution in [0, 0.1) is 11.6 Å². The van der Waals surface area contributed by atoms with Gasteiger partial charge >= 0.3 is 0 Å². The Morgan fingerprint density at radius 3 is 2.59 bits per heavy atom. The second-order valence-corrected chi connectivity index (χ2v) is 4.37. The molecule has 0 radical (unpaired) electrons. The van der Waals surface area contributed by atoms with E-state index in [1.54, 1.807) is 4.57 Å². The maximum atomic E-state index is 13.2. The zero-order valence-corrected chi connectivity index (χ0v) is 9.46. The maximum Gasteiger partial charge on any atom is 0.229 e. The molecule has 0 N–H and O–H groups in total. The molecule has 0 spiro atoms. The number of aromatic nitrogens is 3. The number of benzene rings is 1. The molecule has 1 fully saturated rings. The van der Waals surface area contributed by atoms with Crippen LogP contribution >= 0.6 is 11.6 Å². The molecule has 1 aliphatic carbocycles. The number of hydrogen-bond acceptors (Lipinski definition) is 2. The highest BCUT2D eigenvalue weighted by Gasteiger charge is 2.30. The lowest BCUT2D eigenvalue weighted by atomic mass is 10.3. The Morgan fingerprint density at radius 2 is 1.94 bits per heavy atom. The van der Waals surface area contributed by atoms with Crippen molar-refractivity contribution in [2.75, 3.05) is 0 Å². The molecule has 1 saturated carbocycles. The molecule has 1 aromatic heterocycles. The van der Waals surface area contributed by atoms with E-state index < -0.39 is 11.6 Å². The first-order chi connectivity index (χ1) is 8.16. The van der Waals surface area contributed by atoms with Gasteiger partial charge < -0.3 is 0 Å². The van der Waals surface area contributed by atoms with E-state index >= 15 is 0 Å². The van der Waals surface area contributed by atoms with Crippen LogP contribution in [-0.4, -0.2) is 14.8 Å². The van der Waals surface area contributed by atoms with Crippen LogP contribution in [0.5, 0.6) is 0 Å². The molecule has 88 valence electrons. The fourth-order valence-corrected chi connectivity index (χ4v) is 1.97. The summed E-state index contributed by atoms with van der Waals surface area (Å²) < 4.78 is 27.6. The molecule has 3 rings (SSSR count). The van der Waals surface area contributed by atoms with Crippen LogP contribution in [0.15, 0.2) is 18.2 Å². The summed E-state index contributed by atoms with van der Waals surface area (Å²) in [6.45, 7) is 0. The van der Waals surface area contributed by atoms with Crippen LogP contribution in [0.3, 0.4) is 0 Å². The van der Waals surface area contributed by atoms with Crippen molar-refractivity contribution >= 4 is 11.6 Å². The third-order valence-corrected chi connectivity index (χ3v) is 3.00. The Labute approximate surface area is 101 Å². The summed E-state index contributed by atoms with van der Waals surface area (Å²) in [6.07, 6.45) is 2.05. The number of nitrogens with zero attached hydrogens (tertiary/aromatic N) is 3. The molecule has 2 aromatic rings. The minimum atomic E-state index is -0.908. The van der Waals surface area contributed by atoms with E-state index in [9.17, 15) is 8.78 Å². The van der Waals surface area contributed by atoms with Gasteiger partial charge in [0.2, 0.25) is 5.28 Å². The predicted molar refractivity (Wildman–Crippen MR) is 58.3 cm³/mol. The summed E-state index contributed by atoms with van der Waals surface area (Å²) >= 11 is 5.92. The first-order valence-corrected chi connectivity index (χ1v) is 5.61. The first-order valence-electron chi connectivity index (χ1n) is 5.23. The van der Waals surface area contributed by atoms with Crippen LogP contribution in [0.4, 0.5) is 8.78 Å². The van der Waals surface area contributed by atoms with Crippen LogP contribution in [0.1, 0.15) is 24.6 Å². The summed E-state index contributed by atoms with van der Waals surface area (Å²) in [5, 5.41) is 7.90. The lowest BCUT2D eigenvalue weighted by Gasteiger charge is -2.07. The second-order valence-electron chi connectivity index (χ2n) is 4.04. The molecule has 1 aliphatic rings. The molecule has 3 nitrogen and oxygen atoms in total. The molecular formula is C11H8ClF2N3. The number of halogens is 3. The van der Waals surface area contributed by atoms with Crippen molar-refractivity contribution in [1.29, 1.82) is 0 Å². The Morgan fingerprint density at radius 1 is 1.18 bits per heavy atom. The summed E-state index contributed by atoms with van der Waals surface area (Å²) in [5.74, 6) is -0.760. The molecule has 0 saturated heterocycles. The van der Waals surface area contributed by atoms with E-state index in [-0.39, 0.29) is 5.28 Å². The Balaban J connectivity index is 2.13. The molecule has 0 atom stereocenters. The van der Waals surface area contributed by atoms with Gasteiger partial charge in [-0.1, -0.05) is 0 Å². The molecule has 6 heteroatoms. The molecule has 0 unspecified atom stereocenters. The average molecular weight is 256 g/mol. The SMILES string of the molecule is Fc1ccc(-n2c(Cl)nnc2C2CC2)cc1F. The number of hydrogen-bond donors (Lipinski definition) is 0. The highest BCUT2D eigenvalue weighted by atomic mass is 35.5. The fourth-order valence-electron chi connectivity index (χ4n) is 1.75. The minimum absolute atomic E-state index is 0.165. The lowest BCUT2D eigenvalue weighted by molar-refractivity contribution is 0.508. The van der Waals surface area contributed by atoms with E-state index in [0.717, 1.165) is 25.0 Å². The quantitative estimate of drug-likeness (QED) is 0.826. The normalized spacial score (nSPS) is 15.2. The third-order valence-electron chi connectivity index (χ3n) is 2.75. The minimum Gasteiger partial charge on any atom is -0.269 e. The van der Waals surface area contributed by atoms with Crippen LogP contribution in [-0.2, 0) is 0 Å². The van der Waals surface area contributed by atoms with E-state index in [1.165, 1.54) is 6.07 Å². The largest absolute Gasteiger partial charge is 0.269 e. The molecule has 0 bridgehead atoms. The smallest absolute Gasteiger partial charge is 0.229 e. The Bertz CT molecular complexity index is 578. The highest BCUT2D eigenvalue weighted by molar-refractivity contribution is 6.28. The first kappa shape index (κ1) is 10.7. The monoisotopic (exact) mass is 255 g/mol. The molecule has 0 aliphatic heterocycles. The standard InChI is InChI=1S/C11H8ClF2N3/c12-11-16-15-10(6-1-2-6)17(11)7-3-4-8(13)9(14)5-7/h3-6H,1-2H2. The maximum absolute atomic E-state index is 13.2. The molecule has 17 heavy (non-hydrogen) atoms. The van der Waals surface area contributed by atoms with Crippen LogP contribution in [0.25, 0.3) is 5.69 Å². The van der Waals surface area contributed by atoms with Gasteiger partial charge in [-0.3, -0.25) is 4.57 Å². The second kappa shape index (κ2) is 3.77. The van der Waals surface area contributed by atoms with E-state index in [4.69, 9.17) is 11.6 Å². The van der Waals surface area contributed by atoms with Crippen molar-refractivity contribution in [3.63, 3.8) is 0 Å². The van der Waals surface area contributed by atoms with E-state index in [2.05, 4.69) is 10.2 Å². The summed E-state index contributed by atoms with van der Waals surface area (Å²) in [4.78, 5) is 0. The summed E-state index contributed by atoms with van der Waals surface area (Å²) in [7, 11) is 0. The molecule has 0 amide bonds. The van der Waals surface area contributed by atoms with Gasteiger partial charge in [0, 0.05) is 12.0 Å². The Kier molecular flexibility index (Phi) is 2.36. The van der Waals surface area contributed by atoms with Crippen molar-refractivity contribution in [3.8, 4) is 5.69 Å². The van der Waals surface area contributed by atoms with Crippen molar-refractivity contribution in [2.24, 2.45) is 0 Å². The van der Waals surface area contributed by atoms with Gasteiger partial charge in [-0.15, -0.1) is 10.2 Å². The third kappa shape index (κ3) is 1.80. The van der Waals surface area contributed by atoms with Crippen molar-refractivity contribution in [2.45, 2.75) is 18.8 Å². The van der Waals surface area contributed by atoms with Crippen molar-refractivity contribution < 1.29 is 8.78 Å². The van der Waals surface area contributed by atoms with Gasteiger partial charge in [0.15, 0.2) is 11.6 Å². The summed E-state index contributed by atoms with van der Waals surface area (Å²) in [5.41, 5.74) is 0.445. The zero-order chi connectivity index (χ0) is 12.0. The van der Waals surface area contributed by atoms with Gasteiger partial charge in [-0.25, -0.2) is 8.78 Å². The van der Waals surface area contributed by atoms with Gasteiger partial charge in [0.25, 0.3) is 0 Å². The van der Waals surface area contributed by atoms with E-state index in [0.29, 0.717) is 17.4 Å². The topological polar surface area (TPSA) is 30.7 Å². The predicted octanol–water partition coefficient (Wildman–Crippen LogP) is 3.08. The lowest BCUT2D eigenvalue weighted by Crippen LogP contribution is -2.01. The van der Waals surface area contributed by atoms with Gasteiger partial charge in [-0.2, -0.15) is 0 Å². The van der Waals surface area contributed by atoms with Gasteiger partial charge in [-0.05, 0) is 36.6 Å². The average Bonchev–Trinajstić information content (AvgIpc) is 3.07. The molecular weight excluding hydrogens is 248 g/mol. The molecule has 1 aromatic carbocycles. The van der Waals surface area contributed by atoms with Crippen molar-refractivity contribution in [1.82, 2.24) is 14.8 Å². The van der Waals surface area contributed by atoms with Crippen LogP contribution < -0.4 is 0 Å². The van der Waals surface area contributed by atoms with Crippen LogP contribution in [0.2, 0.25) is 5.28 Å². The Hall–Kier alpha value is -1.49.